The topological polar surface area (TPSA) is 35.8 Å². The van der Waals surface area contributed by atoms with Crippen LogP contribution in [0.15, 0.2) is 4.99 Å². The second-order valence-corrected chi connectivity index (χ2v) is 6.29. The van der Waals surface area contributed by atoms with E-state index in [1.807, 2.05) is 0 Å². The van der Waals surface area contributed by atoms with Crippen LogP contribution >= 0.6 is 0 Å². The largest absolute Gasteiger partial charge is 0.396 e. The van der Waals surface area contributed by atoms with Gasteiger partial charge in [0, 0.05) is 19.5 Å². The van der Waals surface area contributed by atoms with Crippen molar-refractivity contribution in [3.63, 3.8) is 0 Å². The Bertz CT molecular complexity index is 266. The van der Waals surface area contributed by atoms with E-state index in [-0.39, 0.29) is 6.61 Å². The Morgan fingerprint density at radius 1 is 0.905 bits per heavy atom. The fraction of sp³-hybridized carbons (Fsp3) is 0.944. The average molecular weight is 296 g/mol. The Hall–Kier alpha value is -0.570. The van der Waals surface area contributed by atoms with Gasteiger partial charge in [0.2, 0.25) is 0 Å². The van der Waals surface area contributed by atoms with Gasteiger partial charge in [0.1, 0.15) is 5.84 Å². The molecule has 0 saturated carbocycles. The van der Waals surface area contributed by atoms with Crippen molar-refractivity contribution in [1.82, 2.24) is 4.90 Å². The Balaban J connectivity index is 1.83. The highest BCUT2D eigenvalue weighted by Gasteiger charge is 2.14. The summed E-state index contributed by atoms with van der Waals surface area (Å²) in [5.74, 6) is 1.13. The molecular formula is C18H36N2O. The molecule has 0 saturated heterocycles. The van der Waals surface area contributed by atoms with Gasteiger partial charge < -0.3 is 10.0 Å². The zero-order valence-corrected chi connectivity index (χ0v) is 14.2. The number of hydrogen-bond donors (Lipinski definition) is 1. The fourth-order valence-corrected chi connectivity index (χ4v) is 3.07. The van der Waals surface area contributed by atoms with Crippen LogP contribution < -0.4 is 0 Å². The molecule has 1 N–H and O–H groups in total. The second-order valence-electron chi connectivity index (χ2n) is 6.29. The molecule has 1 aliphatic rings. The lowest BCUT2D eigenvalue weighted by Gasteiger charge is -2.19. The van der Waals surface area contributed by atoms with Crippen molar-refractivity contribution in [2.45, 2.75) is 84.0 Å². The lowest BCUT2D eigenvalue weighted by molar-refractivity contribution is 0.300. The van der Waals surface area contributed by atoms with Crippen LogP contribution in [0, 0.1) is 0 Å². The summed E-state index contributed by atoms with van der Waals surface area (Å²) < 4.78 is 0. The summed E-state index contributed by atoms with van der Waals surface area (Å²) in [7, 11) is 0. The van der Waals surface area contributed by atoms with Crippen molar-refractivity contribution in [3.8, 4) is 0 Å². The van der Waals surface area contributed by atoms with E-state index < -0.39 is 0 Å². The summed E-state index contributed by atoms with van der Waals surface area (Å²) in [4.78, 5) is 6.82. The van der Waals surface area contributed by atoms with E-state index in [0.717, 1.165) is 31.9 Å². The maximum atomic E-state index is 9.00. The summed E-state index contributed by atoms with van der Waals surface area (Å²) in [6, 6.07) is 0. The number of unbranched alkanes of at least 4 members (excludes halogenated alkanes) is 10. The van der Waals surface area contributed by atoms with Crippen molar-refractivity contribution in [2.24, 2.45) is 4.99 Å². The molecular weight excluding hydrogens is 260 g/mol. The first-order valence-electron chi connectivity index (χ1n) is 9.27. The molecule has 0 unspecified atom stereocenters. The molecule has 0 aliphatic carbocycles. The molecule has 0 amide bonds. The minimum absolute atomic E-state index is 0.230. The predicted octanol–water partition coefficient (Wildman–Crippen LogP) is 4.39. The van der Waals surface area contributed by atoms with E-state index >= 15 is 0 Å². The maximum absolute atomic E-state index is 9.00. The van der Waals surface area contributed by atoms with Gasteiger partial charge in [-0.2, -0.15) is 0 Å². The van der Waals surface area contributed by atoms with Gasteiger partial charge in [-0.25, -0.2) is 0 Å². The summed E-state index contributed by atoms with van der Waals surface area (Å²) in [6.07, 6.45) is 16.1. The van der Waals surface area contributed by atoms with Crippen LogP contribution in [0.2, 0.25) is 0 Å². The molecule has 0 radical (unpaired) electrons. The molecule has 0 bridgehead atoms. The van der Waals surface area contributed by atoms with Crippen LogP contribution in [0.25, 0.3) is 0 Å². The minimum Gasteiger partial charge on any atom is -0.396 e. The number of amidine groups is 1. The third-order valence-electron chi connectivity index (χ3n) is 4.40. The minimum atomic E-state index is 0.230. The summed E-state index contributed by atoms with van der Waals surface area (Å²) in [6.45, 7) is 5.63. The van der Waals surface area contributed by atoms with E-state index in [0.29, 0.717) is 0 Å². The van der Waals surface area contributed by atoms with Gasteiger partial charge in [-0.3, -0.25) is 4.99 Å². The van der Waals surface area contributed by atoms with Gasteiger partial charge in [0.25, 0.3) is 0 Å². The maximum Gasteiger partial charge on any atom is 0.101 e. The quantitative estimate of drug-likeness (QED) is 0.482. The van der Waals surface area contributed by atoms with Crippen molar-refractivity contribution < 1.29 is 5.11 Å². The van der Waals surface area contributed by atoms with Crippen molar-refractivity contribution in [3.05, 3.63) is 0 Å². The Morgan fingerprint density at radius 3 is 2.05 bits per heavy atom. The molecule has 0 spiro atoms. The Morgan fingerprint density at radius 2 is 1.48 bits per heavy atom. The molecule has 1 aliphatic heterocycles. The number of aliphatic hydroxyl groups excluding tert-OH is 1. The number of aliphatic hydroxyl groups is 1. The van der Waals surface area contributed by atoms with Gasteiger partial charge in [-0.1, -0.05) is 71.1 Å². The normalized spacial score (nSPS) is 14.8. The van der Waals surface area contributed by atoms with Crippen LogP contribution in [0.3, 0.4) is 0 Å². The zero-order chi connectivity index (χ0) is 15.2. The van der Waals surface area contributed by atoms with Crippen molar-refractivity contribution in [2.75, 3.05) is 26.2 Å². The lowest BCUT2D eigenvalue weighted by Crippen LogP contribution is -2.29. The molecule has 124 valence electrons. The standard InChI is InChI=1S/C18H36N2O/c1-2-3-4-5-6-7-8-9-10-11-12-15-20-16-14-19-18(20)13-17-21/h21H,2-17H2,1H3. The highest BCUT2D eigenvalue weighted by atomic mass is 16.3. The van der Waals surface area contributed by atoms with Crippen LogP contribution in [0.5, 0.6) is 0 Å². The molecule has 3 heteroatoms. The van der Waals surface area contributed by atoms with E-state index in [2.05, 4.69) is 16.8 Å². The van der Waals surface area contributed by atoms with E-state index in [9.17, 15) is 0 Å². The number of rotatable bonds is 14. The Labute approximate surface area is 131 Å². The first kappa shape index (κ1) is 18.5. The van der Waals surface area contributed by atoms with Crippen LogP contribution in [-0.4, -0.2) is 42.1 Å². The van der Waals surface area contributed by atoms with E-state index in [1.165, 1.54) is 70.6 Å². The molecule has 21 heavy (non-hydrogen) atoms. The molecule has 0 fully saturated rings. The monoisotopic (exact) mass is 296 g/mol. The third-order valence-corrected chi connectivity index (χ3v) is 4.40. The highest BCUT2D eigenvalue weighted by Crippen LogP contribution is 2.12. The molecule has 1 rings (SSSR count). The van der Waals surface area contributed by atoms with Gasteiger partial charge >= 0.3 is 0 Å². The smallest absolute Gasteiger partial charge is 0.101 e. The summed E-state index contributed by atoms with van der Waals surface area (Å²) in [5.41, 5.74) is 0. The number of aliphatic imine (C=N–C) groups is 1. The second kappa shape index (κ2) is 13.1. The van der Waals surface area contributed by atoms with Gasteiger partial charge in [0.15, 0.2) is 0 Å². The molecule has 0 aromatic carbocycles. The highest BCUT2D eigenvalue weighted by molar-refractivity contribution is 5.83. The number of hydrogen-bond acceptors (Lipinski definition) is 3. The van der Waals surface area contributed by atoms with Crippen molar-refractivity contribution in [1.29, 1.82) is 0 Å². The summed E-state index contributed by atoms with van der Waals surface area (Å²) in [5, 5.41) is 9.00. The zero-order valence-electron chi connectivity index (χ0n) is 14.2. The molecule has 1 heterocycles. The van der Waals surface area contributed by atoms with Gasteiger partial charge in [0.05, 0.1) is 13.2 Å². The van der Waals surface area contributed by atoms with Crippen LogP contribution in [0.4, 0.5) is 0 Å². The van der Waals surface area contributed by atoms with E-state index in [1.54, 1.807) is 0 Å². The molecule has 0 aromatic rings. The first-order chi connectivity index (χ1) is 10.4. The average Bonchev–Trinajstić information content (AvgIpc) is 2.92. The predicted molar refractivity (Wildman–Crippen MR) is 92.0 cm³/mol. The molecule has 0 atom stereocenters. The third kappa shape index (κ3) is 9.13. The van der Waals surface area contributed by atoms with Gasteiger partial charge in [-0.05, 0) is 6.42 Å². The molecule has 3 nitrogen and oxygen atoms in total. The number of nitrogens with zero attached hydrogens (tertiary/aromatic N) is 2. The fourth-order valence-electron chi connectivity index (χ4n) is 3.07. The Kier molecular flexibility index (Phi) is 11.5. The van der Waals surface area contributed by atoms with Crippen LogP contribution in [0.1, 0.15) is 84.0 Å². The first-order valence-corrected chi connectivity index (χ1v) is 9.27. The van der Waals surface area contributed by atoms with Crippen LogP contribution in [-0.2, 0) is 0 Å². The molecule has 0 aromatic heterocycles. The SMILES string of the molecule is CCCCCCCCCCCCCN1CCN=C1CCO. The van der Waals surface area contributed by atoms with E-state index in [4.69, 9.17) is 5.11 Å². The van der Waals surface area contributed by atoms with Crippen molar-refractivity contribution >= 4 is 5.84 Å². The summed E-state index contributed by atoms with van der Waals surface area (Å²) >= 11 is 0. The van der Waals surface area contributed by atoms with Gasteiger partial charge in [-0.15, -0.1) is 0 Å². The lowest BCUT2D eigenvalue weighted by atomic mass is 10.1.